The van der Waals surface area contributed by atoms with Crippen LogP contribution < -0.4 is 16.4 Å². The molecule has 0 bridgehead atoms. The van der Waals surface area contributed by atoms with Gasteiger partial charge >= 0.3 is 0 Å². The van der Waals surface area contributed by atoms with Gasteiger partial charge in [-0.3, -0.25) is 14.6 Å². The number of amides is 2. The van der Waals surface area contributed by atoms with E-state index in [1.165, 1.54) is 13.0 Å². The fourth-order valence-corrected chi connectivity index (χ4v) is 2.31. The molecule has 1 aromatic carbocycles. The monoisotopic (exact) mass is 394 g/mol. The zero-order valence-corrected chi connectivity index (χ0v) is 16.3. The number of nitrogens with two attached hydrogens (primary N) is 1. The van der Waals surface area contributed by atoms with Gasteiger partial charge in [0.2, 0.25) is 5.91 Å². The summed E-state index contributed by atoms with van der Waals surface area (Å²) in [5.41, 5.74) is 8.23. The Hall–Kier alpha value is -3.74. The number of hydrogen-bond acceptors (Lipinski definition) is 4. The number of nitrogens with one attached hydrogen (secondary N) is 2. The molecule has 0 fully saturated rings. The van der Waals surface area contributed by atoms with E-state index in [-0.39, 0.29) is 11.6 Å². The molecule has 2 amide bonds. The topological polar surface area (TPSA) is 97.1 Å². The minimum absolute atomic E-state index is 0.215. The minimum Gasteiger partial charge on any atom is -0.401 e. The zero-order chi connectivity index (χ0) is 21.2. The Morgan fingerprint density at radius 2 is 1.90 bits per heavy atom. The fourth-order valence-electron chi connectivity index (χ4n) is 2.31. The first-order chi connectivity index (χ1) is 13.8. The Labute approximate surface area is 169 Å². The molecule has 0 spiro atoms. The lowest BCUT2D eigenvalue weighted by molar-refractivity contribution is -0.116. The third-order valence-corrected chi connectivity index (χ3v) is 3.81. The van der Waals surface area contributed by atoms with Gasteiger partial charge in [-0.2, -0.15) is 0 Å². The second kappa shape index (κ2) is 10.6. The summed E-state index contributed by atoms with van der Waals surface area (Å²) in [7, 11) is 0. The van der Waals surface area contributed by atoms with Crippen LogP contribution in [-0.4, -0.2) is 16.8 Å². The van der Waals surface area contributed by atoms with Crippen LogP contribution in [0, 0.1) is 0 Å². The lowest BCUT2D eigenvalue weighted by Crippen LogP contribution is -2.24. The number of carbonyl (C=O) groups is 2. The first-order valence-corrected chi connectivity index (χ1v) is 8.91. The van der Waals surface area contributed by atoms with Crippen LogP contribution in [0.15, 0.2) is 78.2 Å². The number of halogens is 1. The van der Waals surface area contributed by atoms with Crippen molar-refractivity contribution in [2.45, 2.75) is 20.4 Å². The average Bonchev–Trinajstić information content (AvgIpc) is 2.71. The van der Waals surface area contributed by atoms with E-state index in [1.807, 2.05) is 6.07 Å². The van der Waals surface area contributed by atoms with Gasteiger partial charge in [-0.15, -0.1) is 0 Å². The second-order valence-corrected chi connectivity index (χ2v) is 6.32. The SMILES string of the molecule is C/C(N)=C(\C=C(/C)F)NC(=O)c1ccc(CNC(=O)/C=C/c2cccnc2)cc1. The molecular weight excluding hydrogens is 371 g/mol. The van der Waals surface area contributed by atoms with Crippen LogP contribution in [0.4, 0.5) is 4.39 Å². The van der Waals surface area contributed by atoms with Crippen molar-refractivity contribution in [1.82, 2.24) is 15.6 Å². The summed E-state index contributed by atoms with van der Waals surface area (Å²) in [6, 6.07) is 10.3. The lowest BCUT2D eigenvalue weighted by Gasteiger charge is -2.09. The highest BCUT2D eigenvalue weighted by Gasteiger charge is 2.09. The van der Waals surface area contributed by atoms with Crippen molar-refractivity contribution < 1.29 is 14.0 Å². The first-order valence-electron chi connectivity index (χ1n) is 8.91. The number of aromatic nitrogens is 1. The van der Waals surface area contributed by atoms with Crippen LogP contribution in [0.2, 0.25) is 0 Å². The van der Waals surface area contributed by atoms with Crippen molar-refractivity contribution in [3.05, 3.63) is 94.9 Å². The van der Waals surface area contributed by atoms with Gasteiger partial charge < -0.3 is 16.4 Å². The smallest absolute Gasteiger partial charge is 0.255 e. The Morgan fingerprint density at radius 1 is 1.17 bits per heavy atom. The van der Waals surface area contributed by atoms with Crippen LogP contribution in [0.5, 0.6) is 0 Å². The summed E-state index contributed by atoms with van der Waals surface area (Å²) in [5, 5.41) is 5.35. The Balaban J connectivity index is 1.92. The predicted molar refractivity (Wildman–Crippen MR) is 111 cm³/mol. The molecule has 1 aromatic heterocycles. The number of hydrogen-bond donors (Lipinski definition) is 3. The fraction of sp³-hybridized carbons (Fsp3) is 0.136. The number of allylic oxidation sites excluding steroid dienone is 3. The molecule has 0 aliphatic carbocycles. The van der Waals surface area contributed by atoms with Crippen molar-refractivity contribution in [2.24, 2.45) is 5.73 Å². The van der Waals surface area contributed by atoms with Gasteiger partial charge in [-0.1, -0.05) is 18.2 Å². The summed E-state index contributed by atoms with van der Waals surface area (Å²) in [5.74, 6) is -1.11. The van der Waals surface area contributed by atoms with Crippen molar-refractivity contribution in [1.29, 1.82) is 0 Å². The van der Waals surface area contributed by atoms with Gasteiger partial charge in [0.25, 0.3) is 5.91 Å². The van der Waals surface area contributed by atoms with E-state index in [1.54, 1.807) is 55.7 Å². The van der Waals surface area contributed by atoms with Crippen molar-refractivity contribution >= 4 is 17.9 Å². The highest BCUT2D eigenvalue weighted by atomic mass is 19.1. The molecule has 2 rings (SSSR count). The van der Waals surface area contributed by atoms with E-state index in [0.29, 0.717) is 17.8 Å². The molecule has 7 heteroatoms. The van der Waals surface area contributed by atoms with Crippen molar-refractivity contribution in [3.63, 3.8) is 0 Å². The first kappa shape index (κ1) is 21.6. The van der Waals surface area contributed by atoms with E-state index < -0.39 is 11.7 Å². The number of nitrogens with zero attached hydrogens (tertiary/aromatic N) is 1. The normalized spacial score (nSPS) is 12.4. The van der Waals surface area contributed by atoms with Crippen molar-refractivity contribution in [3.8, 4) is 0 Å². The zero-order valence-electron chi connectivity index (χ0n) is 16.3. The lowest BCUT2D eigenvalue weighted by atomic mass is 10.1. The van der Waals surface area contributed by atoms with Gasteiger partial charge in [0, 0.05) is 36.3 Å². The maximum Gasteiger partial charge on any atom is 0.255 e. The van der Waals surface area contributed by atoms with Crippen molar-refractivity contribution in [2.75, 3.05) is 0 Å². The highest BCUT2D eigenvalue weighted by molar-refractivity contribution is 5.95. The number of carbonyl (C=O) groups excluding carboxylic acids is 2. The Morgan fingerprint density at radius 3 is 2.48 bits per heavy atom. The van der Waals surface area contributed by atoms with Gasteiger partial charge in [-0.05, 0) is 55.3 Å². The van der Waals surface area contributed by atoms with Crippen LogP contribution in [0.1, 0.15) is 35.3 Å². The molecule has 6 nitrogen and oxygen atoms in total. The Kier molecular flexibility index (Phi) is 7.85. The highest BCUT2D eigenvalue weighted by Crippen LogP contribution is 2.08. The van der Waals surface area contributed by atoms with Crippen LogP contribution in [0.3, 0.4) is 0 Å². The average molecular weight is 394 g/mol. The van der Waals surface area contributed by atoms with E-state index in [0.717, 1.165) is 17.2 Å². The van der Waals surface area contributed by atoms with Crippen LogP contribution in [-0.2, 0) is 11.3 Å². The number of benzene rings is 1. The molecule has 150 valence electrons. The molecule has 0 aliphatic heterocycles. The quantitative estimate of drug-likeness (QED) is 0.496. The molecule has 0 radical (unpaired) electrons. The summed E-state index contributed by atoms with van der Waals surface area (Å²) >= 11 is 0. The third-order valence-electron chi connectivity index (χ3n) is 3.81. The number of rotatable bonds is 7. The predicted octanol–water partition coefficient (Wildman–Crippen LogP) is 3.20. The number of pyridine rings is 1. The molecular formula is C22H23FN4O2. The van der Waals surface area contributed by atoms with Crippen LogP contribution in [0.25, 0.3) is 6.08 Å². The summed E-state index contributed by atoms with van der Waals surface area (Å²) in [6.07, 6.45) is 7.59. The maximum absolute atomic E-state index is 13.1. The molecule has 0 saturated heterocycles. The maximum atomic E-state index is 13.1. The van der Waals surface area contributed by atoms with E-state index in [4.69, 9.17) is 5.73 Å². The van der Waals surface area contributed by atoms with Crippen LogP contribution >= 0.6 is 0 Å². The van der Waals surface area contributed by atoms with Gasteiger partial charge in [0.05, 0.1) is 11.5 Å². The standard InChI is InChI=1S/C22H23FN4O2/c1-15(23)12-20(16(2)24)27-22(29)19-8-5-18(6-9-19)14-26-21(28)10-7-17-4-3-11-25-13-17/h3-13H,14,24H2,1-2H3,(H,26,28)(H,27,29)/b10-7+,15-12+,20-16-. The third kappa shape index (κ3) is 7.42. The molecule has 0 atom stereocenters. The van der Waals surface area contributed by atoms with Gasteiger partial charge in [0.1, 0.15) is 0 Å². The molecule has 0 saturated carbocycles. The summed E-state index contributed by atoms with van der Waals surface area (Å²) < 4.78 is 13.1. The molecule has 1 heterocycles. The second-order valence-electron chi connectivity index (χ2n) is 6.32. The molecule has 0 unspecified atom stereocenters. The van der Waals surface area contributed by atoms with Gasteiger partial charge in [-0.25, -0.2) is 4.39 Å². The van der Waals surface area contributed by atoms with E-state index in [9.17, 15) is 14.0 Å². The molecule has 29 heavy (non-hydrogen) atoms. The summed E-state index contributed by atoms with van der Waals surface area (Å²) in [6.45, 7) is 3.16. The Bertz CT molecular complexity index is 941. The minimum atomic E-state index is -0.464. The largest absolute Gasteiger partial charge is 0.401 e. The van der Waals surface area contributed by atoms with E-state index >= 15 is 0 Å². The van der Waals surface area contributed by atoms with E-state index in [2.05, 4.69) is 15.6 Å². The summed E-state index contributed by atoms with van der Waals surface area (Å²) in [4.78, 5) is 28.2. The molecule has 0 aliphatic rings. The van der Waals surface area contributed by atoms with Gasteiger partial charge in [0.15, 0.2) is 0 Å². The molecule has 2 aromatic rings. The molecule has 4 N–H and O–H groups in total.